The Kier molecular flexibility index (Phi) is 5.87. The van der Waals surface area contributed by atoms with Crippen molar-refractivity contribution >= 4 is 28.6 Å². The summed E-state index contributed by atoms with van der Waals surface area (Å²) in [6.45, 7) is 1.62. The molecule has 0 bridgehead atoms. The highest BCUT2D eigenvalue weighted by atomic mass is 16.3. The minimum atomic E-state index is -0.721. The summed E-state index contributed by atoms with van der Waals surface area (Å²) >= 11 is 0. The molecule has 0 radical (unpaired) electrons. The van der Waals surface area contributed by atoms with E-state index in [-0.39, 0.29) is 18.1 Å². The van der Waals surface area contributed by atoms with Gasteiger partial charge < -0.3 is 20.8 Å². The number of hydrogen-bond donors (Lipinski definition) is 4. The number of aromatic nitrogens is 3. The molecular weight excluding hydrogens is 382 g/mol. The van der Waals surface area contributed by atoms with Gasteiger partial charge in [-0.25, -0.2) is 15.0 Å². The molecule has 8 heteroatoms. The molecule has 1 aliphatic carbocycles. The molecule has 0 aliphatic heterocycles. The van der Waals surface area contributed by atoms with Crippen molar-refractivity contribution < 1.29 is 15.0 Å². The lowest BCUT2D eigenvalue weighted by Crippen LogP contribution is -2.29. The van der Waals surface area contributed by atoms with E-state index in [0.29, 0.717) is 28.5 Å². The molecule has 8 nitrogen and oxygen atoms in total. The predicted molar refractivity (Wildman–Crippen MR) is 114 cm³/mol. The van der Waals surface area contributed by atoms with Crippen LogP contribution in [0.25, 0.3) is 10.9 Å². The fourth-order valence-electron chi connectivity index (χ4n) is 3.65. The molecule has 30 heavy (non-hydrogen) atoms. The summed E-state index contributed by atoms with van der Waals surface area (Å²) < 4.78 is 0. The third-order valence-corrected chi connectivity index (χ3v) is 5.33. The number of amides is 1. The Hall–Kier alpha value is -3.10. The Morgan fingerprint density at radius 2 is 1.87 bits per heavy atom. The predicted octanol–water partition coefficient (Wildman–Crippen LogP) is 3.05. The number of hydrogen-bond acceptors (Lipinski definition) is 7. The van der Waals surface area contributed by atoms with Crippen LogP contribution in [-0.4, -0.2) is 43.2 Å². The van der Waals surface area contributed by atoms with Crippen LogP contribution in [0.2, 0.25) is 0 Å². The summed E-state index contributed by atoms with van der Waals surface area (Å²) in [6, 6.07) is 10.7. The minimum absolute atomic E-state index is 0.208. The van der Waals surface area contributed by atoms with Gasteiger partial charge in [0, 0.05) is 17.6 Å². The van der Waals surface area contributed by atoms with Gasteiger partial charge >= 0.3 is 0 Å². The molecule has 2 heterocycles. The number of aliphatic hydroxyl groups excluding tert-OH is 2. The molecule has 1 aliphatic rings. The summed E-state index contributed by atoms with van der Waals surface area (Å²) in [5, 5.41) is 26.3. The number of carbonyl (C=O) groups is 1. The van der Waals surface area contributed by atoms with E-state index < -0.39 is 6.10 Å². The normalized spacial score (nSPS) is 20.0. The Balaban J connectivity index is 1.57. The molecule has 1 fully saturated rings. The zero-order chi connectivity index (χ0) is 21.1. The van der Waals surface area contributed by atoms with Crippen LogP contribution in [0.5, 0.6) is 0 Å². The zero-order valence-corrected chi connectivity index (χ0v) is 16.7. The van der Waals surface area contributed by atoms with Gasteiger partial charge in [-0.2, -0.15) is 0 Å². The minimum Gasteiger partial charge on any atom is -0.393 e. The first-order chi connectivity index (χ1) is 14.5. The number of fused-ring (bicyclic) bond motifs is 1. The van der Waals surface area contributed by atoms with E-state index in [9.17, 15) is 15.0 Å². The Labute approximate surface area is 174 Å². The van der Waals surface area contributed by atoms with Crippen molar-refractivity contribution in [3.8, 4) is 0 Å². The fourth-order valence-corrected chi connectivity index (χ4v) is 3.65. The lowest BCUT2D eigenvalue weighted by atomic mass is 9.93. The molecule has 1 aromatic carbocycles. The zero-order valence-electron chi connectivity index (χ0n) is 16.7. The van der Waals surface area contributed by atoms with Crippen molar-refractivity contribution in [3.05, 3.63) is 53.9 Å². The van der Waals surface area contributed by atoms with Gasteiger partial charge in [0.15, 0.2) is 0 Å². The number of aliphatic hydroxyl groups is 2. The van der Waals surface area contributed by atoms with Crippen molar-refractivity contribution in [3.63, 3.8) is 0 Å². The number of pyridine rings is 1. The molecule has 4 N–H and O–H groups in total. The van der Waals surface area contributed by atoms with E-state index in [4.69, 9.17) is 0 Å². The van der Waals surface area contributed by atoms with Crippen LogP contribution in [-0.2, 0) is 0 Å². The number of para-hydroxylation sites is 1. The lowest BCUT2D eigenvalue weighted by Gasteiger charge is -2.26. The monoisotopic (exact) mass is 407 g/mol. The molecule has 1 saturated carbocycles. The van der Waals surface area contributed by atoms with Gasteiger partial charge in [-0.05, 0) is 50.8 Å². The molecule has 1 amide bonds. The first-order valence-electron chi connectivity index (χ1n) is 10.2. The first-order valence-corrected chi connectivity index (χ1v) is 10.2. The second kappa shape index (κ2) is 8.73. The number of nitrogens with one attached hydrogen (secondary N) is 2. The van der Waals surface area contributed by atoms with Crippen LogP contribution in [0.1, 0.15) is 54.8 Å². The van der Waals surface area contributed by atoms with Gasteiger partial charge in [-0.15, -0.1) is 0 Å². The SMILES string of the molecule is CC(O)c1cccc(NC(=O)c2cccc3cnc(N[C@H]4CC[C@H](O)CC4)nc23)n1. The van der Waals surface area contributed by atoms with Crippen molar-refractivity contribution in [2.45, 2.75) is 50.9 Å². The van der Waals surface area contributed by atoms with Gasteiger partial charge in [0.25, 0.3) is 5.91 Å². The van der Waals surface area contributed by atoms with Gasteiger partial charge in [0.05, 0.1) is 29.0 Å². The maximum atomic E-state index is 12.9. The second-order valence-electron chi connectivity index (χ2n) is 7.66. The smallest absolute Gasteiger partial charge is 0.259 e. The van der Waals surface area contributed by atoms with E-state index in [1.807, 2.05) is 6.07 Å². The van der Waals surface area contributed by atoms with E-state index in [2.05, 4.69) is 25.6 Å². The van der Waals surface area contributed by atoms with Crippen LogP contribution in [0, 0.1) is 0 Å². The quantitative estimate of drug-likeness (QED) is 0.513. The molecule has 4 rings (SSSR count). The number of benzene rings is 1. The number of anilines is 2. The topological polar surface area (TPSA) is 120 Å². The highest BCUT2D eigenvalue weighted by Gasteiger charge is 2.20. The molecule has 3 aromatic rings. The maximum absolute atomic E-state index is 12.9. The highest BCUT2D eigenvalue weighted by Crippen LogP contribution is 2.23. The Bertz CT molecular complexity index is 1050. The van der Waals surface area contributed by atoms with Gasteiger partial charge in [-0.3, -0.25) is 4.79 Å². The second-order valence-corrected chi connectivity index (χ2v) is 7.66. The fraction of sp³-hybridized carbons (Fsp3) is 0.364. The number of carbonyl (C=O) groups excluding carboxylic acids is 1. The number of nitrogens with zero attached hydrogens (tertiary/aromatic N) is 3. The summed E-state index contributed by atoms with van der Waals surface area (Å²) in [4.78, 5) is 26.2. The summed E-state index contributed by atoms with van der Waals surface area (Å²) in [7, 11) is 0. The first kappa shape index (κ1) is 20.2. The average molecular weight is 407 g/mol. The molecule has 0 spiro atoms. The molecule has 156 valence electrons. The van der Waals surface area contributed by atoms with Crippen LogP contribution in [0.15, 0.2) is 42.6 Å². The lowest BCUT2D eigenvalue weighted by molar-refractivity contribution is 0.102. The highest BCUT2D eigenvalue weighted by molar-refractivity contribution is 6.11. The van der Waals surface area contributed by atoms with E-state index in [0.717, 1.165) is 31.1 Å². The van der Waals surface area contributed by atoms with Crippen LogP contribution >= 0.6 is 0 Å². The van der Waals surface area contributed by atoms with E-state index in [1.165, 1.54) is 0 Å². The van der Waals surface area contributed by atoms with Crippen molar-refractivity contribution in [2.75, 3.05) is 10.6 Å². The van der Waals surface area contributed by atoms with E-state index in [1.54, 1.807) is 43.5 Å². The third kappa shape index (κ3) is 4.55. The third-order valence-electron chi connectivity index (χ3n) is 5.33. The standard InChI is InChI=1S/C22H25N5O3/c1-13(28)18-6-3-7-19(25-18)26-21(30)17-5-2-4-14-12-23-22(27-20(14)17)24-15-8-10-16(29)11-9-15/h2-7,12-13,15-16,28-29H,8-11H2,1H3,(H,23,24,27)(H,25,26,30)/t13?,15-,16-. The molecular formula is C22H25N5O3. The van der Waals surface area contributed by atoms with Crippen LogP contribution in [0.3, 0.4) is 0 Å². The van der Waals surface area contributed by atoms with Crippen LogP contribution in [0.4, 0.5) is 11.8 Å². The molecule has 0 saturated heterocycles. The van der Waals surface area contributed by atoms with E-state index >= 15 is 0 Å². The van der Waals surface area contributed by atoms with Gasteiger partial charge in [0.2, 0.25) is 5.95 Å². The Morgan fingerprint density at radius 3 is 2.63 bits per heavy atom. The van der Waals surface area contributed by atoms with Crippen molar-refractivity contribution in [1.82, 2.24) is 15.0 Å². The molecule has 1 atom stereocenters. The summed E-state index contributed by atoms with van der Waals surface area (Å²) in [5.74, 6) is 0.503. The Morgan fingerprint density at radius 1 is 1.10 bits per heavy atom. The van der Waals surface area contributed by atoms with Crippen molar-refractivity contribution in [1.29, 1.82) is 0 Å². The van der Waals surface area contributed by atoms with Crippen molar-refractivity contribution in [2.24, 2.45) is 0 Å². The largest absolute Gasteiger partial charge is 0.393 e. The summed E-state index contributed by atoms with van der Waals surface area (Å²) in [5.41, 5.74) is 1.45. The molecule has 2 aromatic heterocycles. The number of rotatable bonds is 5. The van der Waals surface area contributed by atoms with Crippen LogP contribution < -0.4 is 10.6 Å². The molecule has 1 unspecified atom stereocenters. The average Bonchev–Trinajstić information content (AvgIpc) is 2.75. The summed E-state index contributed by atoms with van der Waals surface area (Å²) in [6.07, 6.45) is 3.99. The van der Waals surface area contributed by atoms with Gasteiger partial charge in [0.1, 0.15) is 5.82 Å². The maximum Gasteiger partial charge on any atom is 0.259 e. The van der Waals surface area contributed by atoms with Gasteiger partial charge in [-0.1, -0.05) is 18.2 Å².